The number of thiophene rings is 1. The van der Waals surface area contributed by atoms with Gasteiger partial charge in [0.25, 0.3) is 0 Å². The van der Waals surface area contributed by atoms with E-state index in [1.165, 1.54) is 0 Å². The van der Waals surface area contributed by atoms with E-state index in [9.17, 15) is 0 Å². The first-order valence-corrected chi connectivity index (χ1v) is 6.04. The van der Waals surface area contributed by atoms with Crippen molar-refractivity contribution < 1.29 is 4.42 Å². The van der Waals surface area contributed by atoms with Gasteiger partial charge in [0.05, 0.1) is 18.1 Å². The van der Waals surface area contributed by atoms with Gasteiger partial charge in [-0.25, -0.2) is 0 Å². The molecule has 3 heterocycles. The van der Waals surface area contributed by atoms with Crippen LogP contribution in [0.1, 0.15) is 0 Å². The van der Waals surface area contributed by atoms with Crippen LogP contribution in [0.4, 0.5) is 5.82 Å². The Hall–Kier alpha value is -2.01. The van der Waals surface area contributed by atoms with Crippen LogP contribution in [-0.4, -0.2) is 9.78 Å². The molecule has 86 valence electrons. The van der Waals surface area contributed by atoms with Crippen LogP contribution in [0.3, 0.4) is 0 Å². The third kappa shape index (κ3) is 1.55. The van der Waals surface area contributed by atoms with Crippen LogP contribution in [0.25, 0.3) is 21.7 Å². The Kier molecular flexibility index (Phi) is 2.26. The summed E-state index contributed by atoms with van der Waals surface area (Å²) in [5, 5.41) is 6.48. The van der Waals surface area contributed by atoms with Crippen molar-refractivity contribution >= 4 is 17.2 Å². The molecule has 0 amide bonds. The molecule has 0 aliphatic heterocycles. The number of nitrogens with two attached hydrogens (primary N) is 1. The first-order chi connectivity index (χ1) is 8.27. The number of aromatic nitrogens is 2. The predicted molar refractivity (Wildman–Crippen MR) is 68.6 cm³/mol. The zero-order chi connectivity index (χ0) is 11.8. The first kappa shape index (κ1) is 10.2. The smallest absolute Gasteiger partial charge is 0.130 e. The molecule has 2 N–H and O–H groups in total. The fourth-order valence-electron chi connectivity index (χ4n) is 1.80. The van der Waals surface area contributed by atoms with Crippen molar-refractivity contribution in [2.24, 2.45) is 7.05 Å². The van der Waals surface area contributed by atoms with Crippen LogP contribution in [0.5, 0.6) is 0 Å². The largest absolute Gasteiger partial charge is 0.472 e. The van der Waals surface area contributed by atoms with E-state index in [0.717, 1.165) is 21.7 Å². The van der Waals surface area contributed by atoms with Crippen LogP contribution >= 0.6 is 11.3 Å². The lowest BCUT2D eigenvalue weighted by Crippen LogP contribution is -1.97. The quantitative estimate of drug-likeness (QED) is 0.755. The summed E-state index contributed by atoms with van der Waals surface area (Å²) in [4.78, 5) is 1.12. The lowest BCUT2D eigenvalue weighted by molar-refractivity contribution is 0.568. The molecule has 0 aliphatic carbocycles. The first-order valence-electron chi connectivity index (χ1n) is 5.16. The summed E-state index contributed by atoms with van der Waals surface area (Å²) in [6.07, 6.45) is 3.32. The molecule has 0 saturated carbocycles. The van der Waals surface area contributed by atoms with E-state index in [1.807, 2.05) is 30.6 Å². The normalized spacial score (nSPS) is 10.9. The van der Waals surface area contributed by atoms with Gasteiger partial charge in [0, 0.05) is 17.5 Å². The Morgan fingerprint density at radius 1 is 1.41 bits per heavy atom. The SMILES string of the molecule is Cn1nc(-c2ccoc2)c(-c2cccs2)c1N. The molecule has 5 heteroatoms. The molecule has 3 aromatic rings. The van der Waals surface area contributed by atoms with Crippen molar-refractivity contribution in [2.75, 3.05) is 5.73 Å². The molecule has 4 nitrogen and oxygen atoms in total. The Morgan fingerprint density at radius 2 is 2.29 bits per heavy atom. The van der Waals surface area contributed by atoms with Crippen LogP contribution in [0.2, 0.25) is 0 Å². The van der Waals surface area contributed by atoms with Gasteiger partial charge < -0.3 is 10.2 Å². The van der Waals surface area contributed by atoms with E-state index in [2.05, 4.69) is 5.10 Å². The molecule has 0 saturated heterocycles. The van der Waals surface area contributed by atoms with Crippen molar-refractivity contribution in [2.45, 2.75) is 0 Å². The standard InChI is InChI=1S/C12H11N3OS/c1-15-12(13)10(9-3-2-6-17-9)11(14-15)8-4-5-16-7-8/h2-7H,13H2,1H3. The molecule has 0 atom stereocenters. The summed E-state index contributed by atoms with van der Waals surface area (Å²) >= 11 is 1.65. The van der Waals surface area contributed by atoms with E-state index < -0.39 is 0 Å². The fraction of sp³-hybridized carbons (Fsp3) is 0.0833. The van der Waals surface area contributed by atoms with Crippen molar-refractivity contribution in [3.8, 4) is 21.7 Å². The Labute approximate surface area is 102 Å². The maximum absolute atomic E-state index is 6.08. The number of rotatable bonds is 2. The van der Waals surface area contributed by atoms with Crippen molar-refractivity contribution in [1.29, 1.82) is 0 Å². The van der Waals surface area contributed by atoms with Gasteiger partial charge in [-0.1, -0.05) is 6.07 Å². The molecular weight excluding hydrogens is 234 g/mol. The number of hydrogen-bond donors (Lipinski definition) is 1. The molecule has 17 heavy (non-hydrogen) atoms. The van der Waals surface area contributed by atoms with Gasteiger partial charge in [-0.05, 0) is 17.5 Å². The van der Waals surface area contributed by atoms with Crippen LogP contribution in [0, 0.1) is 0 Å². The van der Waals surface area contributed by atoms with E-state index in [1.54, 1.807) is 28.5 Å². The molecule has 0 aliphatic rings. The molecule has 0 radical (unpaired) electrons. The molecule has 3 rings (SSSR count). The molecular formula is C12H11N3OS. The average molecular weight is 245 g/mol. The van der Waals surface area contributed by atoms with Crippen LogP contribution in [-0.2, 0) is 7.05 Å². The van der Waals surface area contributed by atoms with E-state index in [4.69, 9.17) is 10.2 Å². The Morgan fingerprint density at radius 3 is 2.94 bits per heavy atom. The van der Waals surface area contributed by atoms with Crippen molar-refractivity contribution in [3.05, 3.63) is 36.1 Å². The maximum atomic E-state index is 6.08. The molecule has 0 aromatic carbocycles. The third-order valence-corrected chi connectivity index (χ3v) is 3.54. The molecule has 3 aromatic heterocycles. The predicted octanol–water partition coefficient (Wildman–Crippen LogP) is 2.99. The molecule has 0 fully saturated rings. The number of anilines is 1. The monoisotopic (exact) mass is 245 g/mol. The lowest BCUT2D eigenvalue weighted by atomic mass is 10.1. The fourth-order valence-corrected chi connectivity index (χ4v) is 2.58. The summed E-state index contributed by atoms with van der Waals surface area (Å²) in [6, 6.07) is 5.94. The molecule has 0 spiro atoms. The van der Waals surface area contributed by atoms with Crippen LogP contribution < -0.4 is 5.73 Å². The summed E-state index contributed by atoms with van der Waals surface area (Å²) in [7, 11) is 1.84. The maximum Gasteiger partial charge on any atom is 0.130 e. The number of nitrogens with zero attached hydrogens (tertiary/aromatic N) is 2. The van der Waals surface area contributed by atoms with Gasteiger partial charge in [-0.2, -0.15) is 5.10 Å². The summed E-state index contributed by atoms with van der Waals surface area (Å²) in [6.45, 7) is 0. The topological polar surface area (TPSA) is 57.0 Å². The highest BCUT2D eigenvalue weighted by atomic mass is 32.1. The van der Waals surface area contributed by atoms with Crippen LogP contribution in [0.15, 0.2) is 40.5 Å². The van der Waals surface area contributed by atoms with Gasteiger partial charge in [0.2, 0.25) is 0 Å². The third-order valence-electron chi connectivity index (χ3n) is 2.65. The number of hydrogen-bond acceptors (Lipinski definition) is 4. The minimum absolute atomic E-state index is 0.670. The highest BCUT2D eigenvalue weighted by Gasteiger charge is 2.18. The van der Waals surface area contributed by atoms with Crippen molar-refractivity contribution in [1.82, 2.24) is 9.78 Å². The van der Waals surface area contributed by atoms with E-state index in [-0.39, 0.29) is 0 Å². The summed E-state index contributed by atoms with van der Waals surface area (Å²) in [5.41, 5.74) is 8.86. The van der Waals surface area contributed by atoms with E-state index in [0.29, 0.717) is 5.82 Å². The van der Waals surface area contributed by atoms with Gasteiger partial charge >= 0.3 is 0 Å². The average Bonchev–Trinajstić information content (AvgIpc) is 3.01. The van der Waals surface area contributed by atoms with Crippen molar-refractivity contribution in [3.63, 3.8) is 0 Å². The van der Waals surface area contributed by atoms with Gasteiger partial charge in [-0.15, -0.1) is 11.3 Å². The van der Waals surface area contributed by atoms with Gasteiger partial charge in [-0.3, -0.25) is 4.68 Å². The van der Waals surface area contributed by atoms with Gasteiger partial charge in [0.1, 0.15) is 11.5 Å². The molecule has 0 bridgehead atoms. The second-order valence-electron chi connectivity index (χ2n) is 3.72. The zero-order valence-electron chi connectivity index (χ0n) is 9.25. The van der Waals surface area contributed by atoms with Gasteiger partial charge in [0.15, 0.2) is 0 Å². The number of aryl methyl sites for hydroxylation is 1. The van der Waals surface area contributed by atoms with E-state index >= 15 is 0 Å². The summed E-state index contributed by atoms with van der Waals surface area (Å²) in [5.74, 6) is 0.670. The Balaban J connectivity index is 2.26. The second-order valence-corrected chi connectivity index (χ2v) is 4.67. The summed E-state index contributed by atoms with van der Waals surface area (Å²) < 4.78 is 6.80. The highest BCUT2D eigenvalue weighted by Crippen LogP contribution is 2.38. The number of nitrogen functional groups attached to an aromatic ring is 1. The second kappa shape index (κ2) is 3.78. The molecule has 0 unspecified atom stereocenters. The zero-order valence-corrected chi connectivity index (χ0v) is 10.1. The Bertz CT molecular complexity index is 623. The minimum atomic E-state index is 0.670. The minimum Gasteiger partial charge on any atom is -0.472 e. The highest BCUT2D eigenvalue weighted by molar-refractivity contribution is 7.13. The number of furan rings is 1. The lowest BCUT2D eigenvalue weighted by Gasteiger charge is -1.98.